The van der Waals surface area contributed by atoms with Gasteiger partial charge in [0, 0.05) is 13.2 Å². The summed E-state index contributed by atoms with van der Waals surface area (Å²) in [6.07, 6.45) is 3.62. The van der Waals surface area contributed by atoms with Crippen molar-refractivity contribution < 1.29 is 5.11 Å². The number of aliphatic hydroxyl groups is 1. The lowest BCUT2D eigenvalue weighted by Crippen LogP contribution is -2.21. The van der Waals surface area contributed by atoms with Crippen molar-refractivity contribution in [3.05, 3.63) is 22.8 Å². The SMILES string of the molecule is OCC1CCCC1CNc1cccc(Br)n1. The van der Waals surface area contributed by atoms with Crippen LogP contribution in [0.3, 0.4) is 0 Å². The molecule has 1 aliphatic rings. The normalized spacial score (nSPS) is 24.6. The summed E-state index contributed by atoms with van der Waals surface area (Å²) in [4.78, 5) is 4.33. The summed E-state index contributed by atoms with van der Waals surface area (Å²) in [7, 11) is 0. The van der Waals surface area contributed by atoms with E-state index in [1.54, 1.807) is 0 Å². The van der Waals surface area contributed by atoms with Crippen molar-refractivity contribution in [3.63, 3.8) is 0 Å². The van der Waals surface area contributed by atoms with Crippen LogP contribution in [-0.2, 0) is 0 Å². The van der Waals surface area contributed by atoms with E-state index in [0.29, 0.717) is 18.4 Å². The van der Waals surface area contributed by atoms with Crippen LogP contribution in [0.15, 0.2) is 22.8 Å². The molecule has 2 rings (SSSR count). The first-order valence-electron chi connectivity index (χ1n) is 5.77. The minimum Gasteiger partial charge on any atom is -0.396 e. The molecular weight excluding hydrogens is 268 g/mol. The van der Waals surface area contributed by atoms with Crippen molar-refractivity contribution in [1.82, 2.24) is 4.98 Å². The van der Waals surface area contributed by atoms with Crippen LogP contribution in [0.1, 0.15) is 19.3 Å². The van der Waals surface area contributed by atoms with Crippen LogP contribution in [0.2, 0.25) is 0 Å². The highest BCUT2D eigenvalue weighted by Crippen LogP contribution is 2.31. The third kappa shape index (κ3) is 2.95. The van der Waals surface area contributed by atoms with Crippen LogP contribution in [0, 0.1) is 11.8 Å². The lowest BCUT2D eigenvalue weighted by Gasteiger charge is -2.18. The zero-order valence-electron chi connectivity index (χ0n) is 9.19. The summed E-state index contributed by atoms with van der Waals surface area (Å²) < 4.78 is 0.850. The second-order valence-electron chi connectivity index (χ2n) is 4.36. The van der Waals surface area contributed by atoms with Gasteiger partial charge >= 0.3 is 0 Å². The molecule has 1 saturated carbocycles. The molecule has 0 aliphatic heterocycles. The van der Waals surface area contributed by atoms with Gasteiger partial charge in [0.15, 0.2) is 0 Å². The van der Waals surface area contributed by atoms with Gasteiger partial charge in [0.25, 0.3) is 0 Å². The topological polar surface area (TPSA) is 45.1 Å². The fraction of sp³-hybridized carbons (Fsp3) is 0.583. The van der Waals surface area contributed by atoms with Gasteiger partial charge in [-0.25, -0.2) is 4.98 Å². The van der Waals surface area contributed by atoms with Crippen LogP contribution in [-0.4, -0.2) is 23.2 Å². The number of anilines is 1. The molecule has 2 atom stereocenters. The van der Waals surface area contributed by atoms with Gasteiger partial charge in [0.2, 0.25) is 0 Å². The summed E-state index contributed by atoms with van der Waals surface area (Å²) in [6.45, 7) is 1.23. The number of pyridine rings is 1. The number of hydrogen-bond acceptors (Lipinski definition) is 3. The minimum absolute atomic E-state index is 0.318. The van der Waals surface area contributed by atoms with Gasteiger partial charge in [0.1, 0.15) is 10.4 Å². The Balaban J connectivity index is 1.87. The third-order valence-corrected chi connectivity index (χ3v) is 3.75. The standard InChI is InChI=1S/C12H17BrN2O/c13-11-5-2-6-12(15-11)14-7-9-3-1-4-10(9)8-16/h2,5-6,9-10,16H,1,3-4,7-8H2,(H,14,15). The smallest absolute Gasteiger partial charge is 0.127 e. The summed E-state index contributed by atoms with van der Waals surface area (Å²) >= 11 is 3.35. The number of nitrogens with one attached hydrogen (secondary N) is 1. The molecule has 88 valence electrons. The van der Waals surface area contributed by atoms with Crippen molar-refractivity contribution in [2.75, 3.05) is 18.5 Å². The monoisotopic (exact) mass is 284 g/mol. The van der Waals surface area contributed by atoms with Gasteiger partial charge in [-0.1, -0.05) is 12.5 Å². The Kier molecular flexibility index (Phi) is 4.18. The molecular formula is C12H17BrN2O. The molecule has 2 N–H and O–H groups in total. The highest BCUT2D eigenvalue weighted by molar-refractivity contribution is 9.10. The molecule has 1 fully saturated rings. The van der Waals surface area contributed by atoms with E-state index in [4.69, 9.17) is 0 Å². The van der Waals surface area contributed by atoms with E-state index in [1.807, 2.05) is 18.2 Å². The van der Waals surface area contributed by atoms with E-state index in [2.05, 4.69) is 26.2 Å². The zero-order chi connectivity index (χ0) is 11.4. The lowest BCUT2D eigenvalue weighted by molar-refractivity contribution is 0.199. The van der Waals surface area contributed by atoms with E-state index in [9.17, 15) is 5.11 Å². The summed E-state index contributed by atoms with van der Waals surface area (Å²) in [5.74, 6) is 1.96. The molecule has 0 spiro atoms. The predicted octanol–water partition coefficient (Wildman–Crippen LogP) is 2.66. The zero-order valence-corrected chi connectivity index (χ0v) is 10.8. The van der Waals surface area contributed by atoms with Gasteiger partial charge < -0.3 is 10.4 Å². The van der Waals surface area contributed by atoms with Crippen LogP contribution in [0.25, 0.3) is 0 Å². The lowest BCUT2D eigenvalue weighted by atomic mass is 9.97. The first kappa shape index (κ1) is 11.9. The van der Waals surface area contributed by atoms with E-state index < -0.39 is 0 Å². The highest BCUT2D eigenvalue weighted by atomic mass is 79.9. The molecule has 16 heavy (non-hydrogen) atoms. The summed E-state index contributed by atoms with van der Waals surface area (Å²) in [5.41, 5.74) is 0. The van der Waals surface area contributed by atoms with E-state index in [-0.39, 0.29) is 0 Å². The van der Waals surface area contributed by atoms with E-state index >= 15 is 0 Å². The molecule has 0 amide bonds. The Hall–Kier alpha value is -0.610. The fourth-order valence-corrected chi connectivity index (χ4v) is 2.71. The second kappa shape index (κ2) is 5.64. The van der Waals surface area contributed by atoms with Crippen molar-refractivity contribution >= 4 is 21.7 Å². The van der Waals surface area contributed by atoms with Gasteiger partial charge in [-0.3, -0.25) is 0 Å². The second-order valence-corrected chi connectivity index (χ2v) is 5.17. The maximum atomic E-state index is 9.23. The highest BCUT2D eigenvalue weighted by Gasteiger charge is 2.26. The first-order chi connectivity index (χ1) is 7.79. The molecule has 1 aromatic rings. The van der Waals surface area contributed by atoms with E-state index in [0.717, 1.165) is 23.4 Å². The number of nitrogens with zero attached hydrogens (tertiary/aromatic N) is 1. The largest absolute Gasteiger partial charge is 0.396 e. The van der Waals surface area contributed by atoms with Crippen LogP contribution >= 0.6 is 15.9 Å². The average molecular weight is 285 g/mol. The molecule has 0 bridgehead atoms. The van der Waals surface area contributed by atoms with Crippen molar-refractivity contribution in [1.29, 1.82) is 0 Å². The summed E-state index contributed by atoms with van der Waals surface area (Å²) in [5, 5.41) is 12.6. The first-order valence-corrected chi connectivity index (χ1v) is 6.56. The Morgan fingerprint density at radius 1 is 1.38 bits per heavy atom. The predicted molar refractivity (Wildman–Crippen MR) is 68.3 cm³/mol. The maximum absolute atomic E-state index is 9.23. The average Bonchev–Trinajstić information content (AvgIpc) is 2.74. The molecule has 1 aromatic heterocycles. The van der Waals surface area contributed by atoms with Crippen LogP contribution in [0.5, 0.6) is 0 Å². The van der Waals surface area contributed by atoms with Gasteiger partial charge in [-0.05, 0) is 52.7 Å². The number of aliphatic hydroxyl groups excluding tert-OH is 1. The van der Waals surface area contributed by atoms with Gasteiger partial charge in [-0.15, -0.1) is 0 Å². The maximum Gasteiger partial charge on any atom is 0.127 e. The Morgan fingerprint density at radius 2 is 2.19 bits per heavy atom. The van der Waals surface area contributed by atoms with Crippen molar-refractivity contribution in [2.24, 2.45) is 11.8 Å². The molecule has 3 nitrogen and oxygen atoms in total. The van der Waals surface area contributed by atoms with E-state index in [1.165, 1.54) is 12.8 Å². The fourth-order valence-electron chi connectivity index (χ4n) is 2.37. The molecule has 4 heteroatoms. The van der Waals surface area contributed by atoms with Crippen LogP contribution in [0.4, 0.5) is 5.82 Å². The molecule has 1 heterocycles. The quantitative estimate of drug-likeness (QED) is 0.836. The molecule has 0 aromatic carbocycles. The minimum atomic E-state index is 0.318. The Morgan fingerprint density at radius 3 is 2.94 bits per heavy atom. The third-order valence-electron chi connectivity index (χ3n) is 3.31. The molecule has 0 radical (unpaired) electrons. The Bertz CT molecular complexity index is 346. The molecule has 2 unspecified atom stereocenters. The van der Waals surface area contributed by atoms with Gasteiger partial charge in [0.05, 0.1) is 0 Å². The number of halogens is 1. The van der Waals surface area contributed by atoms with Crippen molar-refractivity contribution in [2.45, 2.75) is 19.3 Å². The number of aromatic nitrogens is 1. The number of hydrogen-bond donors (Lipinski definition) is 2. The summed E-state index contributed by atoms with van der Waals surface area (Å²) in [6, 6.07) is 5.85. The number of rotatable bonds is 4. The van der Waals surface area contributed by atoms with Crippen LogP contribution < -0.4 is 5.32 Å². The van der Waals surface area contributed by atoms with Gasteiger partial charge in [-0.2, -0.15) is 0 Å². The molecule has 1 aliphatic carbocycles. The molecule has 0 saturated heterocycles. The Labute approximate surface area is 104 Å². The van der Waals surface area contributed by atoms with Crippen molar-refractivity contribution in [3.8, 4) is 0 Å².